The number of likely N-dealkylation sites (tertiary alicyclic amines) is 1. The maximum Gasteiger partial charge on any atom is 0.161 e. The van der Waals surface area contributed by atoms with Gasteiger partial charge >= 0.3 is 0 Å². The number of methoxy groups -OCH3 is 2. The van der Waals surface area contributed by atoms with Crippen LogP contribution in [0.15, 0.2) is 42.5 Å². The largest absolute Gasteiger partial charge is 0.493 e. The van der Waals surface area contributed by atoms with Crippen LogP contribution in [0, 0.1) is 5.82 Å². The minimum Gasteiger partial charge on any atom is -0.493 e. The van der Waals surface area contributed by atoms with E-state index in [4.69, 9.17) is 9.47 Å². The number of anilines is 1. The molecule has 0 saturated carbocycles. The lowest BCUT2D eigenvalue weighted by Gasteiger charge is -2.44. The Hall–Kier alpha value is -2.31. The Kier molecular flexibility index (Phi) is 6.75. The maximum atomic E-state index is 14.1. The molecule has 0 aromatic heterocycles. The van der Waals surface area contributed by atoms with E-state index in [-0.39, 0.29) is 5.82 Å². The summed E-state index contributed by atoms with van der Waals surface area (Å²) < 4.78 is 24.9. The molecule has 2 aromatic rings. The quantitative estimate of drug-likeness (QED) is 0.721. The Balaban J connectivity index is 1.33. The van der Waals surface area contributed by atoms with Crippen LogP contribution in [0.4, 0.5) is 10.1 Å². The summed E-state index contributed by atoms with van der Waals surface area (Å²) in [6.45, 7) is 6.87. The number of hydrogen-bond donors (Lipinski definition) is 0. The molecule has 0 N–H and O–H groups in total. The fourth-order valence-electron chi connectivity index (χ4n) is 4.75. The van der Waals surface area contributed by atoms with Gasteiger partial charge in [0.1, 0.15) is 5.82 Å². The minimum atomic E-state index is -0.121. The van der Waals surface area contributed by atoms with Crippen LogP contribution in [0.3, 0.4) is 0 Å². The van der Waals surface area contributed by atoms with Crippen molar-refractivity contribution >= 4 is 5.69 Å². The third kappa shape index (κ3) is 4.71. The molecule has 2 saturated heterocycles. The van der Waals surface area contributed by atoms with Crippen molar-refractivity contribution in [3.05, 3.63) is 53.8 Å². The van der Waals surface area contributed by atoms with E-state index in [0.717, 1.165) is 63.0 Å². The average molecular weight is 414 g/mol. The number of benzene rings is 2. The summed E-state index contributed by atoms with van der Waals surface area (Å²) in [5, 5.41) is 0. The third-order valence-electron chi connectivity index (χ3n) is 6.36. The SMILES string of the molecule is COc1ccc(CN2CCC[C@H](N3CCN(c4ccccc4F)CC3)C2)cc1OC. The highest BCUT2D eigenvalue weighted by molar-refractivity contribution is 5.48. The molecule has 2 aliphatic rings. The first-order valence-electron chi connectivity index (χ1n) is 10.8. The summed E-state index contributed by atoms with van der Waals surface area (Å²) in [6.07, 6.45) is 2.45. The summed E-state index contributed by atoms with van der Waals surface area (Å²) in [7, 11) is 3.35. The highest BCUT2D eigenvalue weighted by Gasteiger charge is 2.28. The van der Waals surface area contributed by atoms with E-state index in [1.54, 1.807) is 26.4 Å². The van der Waals surface area contributed by atoms with Crippen molar-refractivity contribution in [2.75, 3.05) is 58.4 Å². The van der Waals surface area contributed by atoms with Crippen LogP contribution in [0.1, 0.15) is 18.4 Å². The zero-order chi connectivity index (χ0) is 20.9. The van der Waals surface area contributed by atoms with Crippen LogP contribution in [0.25, 0.3) is 0 Å². The van der Waals surface area contributed by atoms with Gasteiger partial charge in [-0.25, -0.2) is 4.39 Å². The number of piperidine rings is 1. The van der Waals surface area contributed by atoms with Gasteiger partial charge < -0.3 is 14.4 Å². The van der Waals surface area contributed by atoms with Crippen LogP contribution in [-0.2, 0) is 6.54 Å². The number of piperazine rings is 1. The average Bonchev–Trinajstić information content (AvgIpc) is 2.79. The molecule has 30 heavy (non-hydrogen) atoms. The molecule has 2 aromatic carbocycles. The van der Waals surface area contributed by atoms with Crippen LogP contribution in [0.2, 0.25) is 0 Å². The Morgan fingerprint density at radius 1 is 0.933 bits per heavy atom. The minimum absolute atomic E-state index is 0.121. The molecule has 2 heterocycles. The highest BCUT2D eigenvalue weighted by Crippen LogP contribution is 2.29. The summed E-state index contributed by atoms with van der Waals surface area (Å²) in [5.41, 5.74) is 1.98. The Labute approximate surface area is 179 Å². The van der Waals surface area contributed by atoms with Gasteiger partial charge in [0.15, 0.2) is 11.5 Å². The molecule has 1 atom stereocenters. The highest BCUT2D eigenvalue weighted by atomic mass is 19.1. The third-order valence-corrected chi connectivity index (χ3v) is 6.36. The number of rotatable bonds is 6. The molecular formula is C24H32FN3O2. The lowest BCUT2D eigenvalue weighted by atomic mass is 10.0. The van der Waals surface area contributed by atoms with Crippen molar-refractivity contribution in [3.8, 4) is 11.5 Å². The molecule has 0 unspecified atom stereocenters. The lowest BCUT2D eigenvalue weighted by Crippen LogP contribution is -2.55. The van der Waals surface area contributed by atoms with Gasteiger partial charge in [-0.3, -0.25) is 9.80 Å². The number of nitrogens with zero attached hydrogens (tertiary/aromatic N) is 3. The zero-order valence-electron chi connectivity index (χ0n) is 18.0. The van der Waals surface area contributed by atoms with Gasteiger partial charge in [-0.2, -0.15) is 0 Å². The van der Waals surface area contributed by atoms with E-state index in [1.165, 1.54) is 18.4 Å². The van der Waals surface area contributed by atoms with Gasteiger partial charge in [0.25, 0.3) is 0 Å². The molecule has 5 nitrogen and oxygen atoms in total. The van der Waals surface area contributed by atoms with Crippen LogP contribution < -0.4 is 14.4 Å². The second kappa shape index (κ2) is 9.67. The maximum absolute atomic E-state index is 14.1. The number of ether oxygens (including phenoxy) is 2. The van der Waals surface area contributed by atoms with E-state index in [9.17, 15) is 4.39 Å². The van der Waals surface area contributed by atoms with E-state index in [1.807, 2.05) is 18.2 Å². The summed E-state index contributed by atoms with van der Waals surface area (Å²) in [5.74, 6) is 1.43. The molecule has 0 amide bonds. The number of halogens is 1. The van der Waals surface area contributed by atoms with Gasteiger partial charge in [-0.05, 0) is 49.2 Å². The first-order chi connectivity index (χ1) is 14.7. The van der Waals surface area contributed by atoms with Gasteiger partial charge in [0, 0.05) is 45.3 Å². The van der Waals surface area contributed by atoms with Crippen LogP contribution >= 0.6 is 0 Å². The van der Waals surface area contributed by atoms with Crippen molar-refractivity contribution < 1.29 is 13.9 Å². The van der Waals surface area contributed by atoms with Crippen molar-refractivity contribution in [2.24, 2.45) is 0 Å². The Morgan fingerprint density at radius 2 is 1.70 bits per heavy atom. The molecule has 2 aliphatic heterocycles. The molecule has 162 valence electrons. The second-order valence-corrected chi connectivity index (χ2v) is 8.19. The van der Waals surface area contributed by atoms with Crippen molar-refractivity contribution in [1.29, 1.82) is 0 Å². The summed E-state index contributed by atoms with van der Waals surface area (Å²) in [6, 6.07) is 13.9. The van der Waals surface area contributed by atoms with Gasteiger partial charge in [-0.15, -0.1) is 0 Å². The monoisotopic (exact) mass is 413 g/mol. The summed E-state index contributed by atoms with van der Waals surface area (Å²) >= 11 is 0. The fourth-order valence-corrected chi connectivity index (χ4v) is 4.75. The summed E-state index contributed by atoms with van der Waals surface area (Å²) in [4.78, 5) is 7.31. The fraction of sp³-hybridized carbons (Fsp3) is 0.500. The van der Waals surface area contributed by atoms with Crippen LogP contribution in [-0.4, -0.2) is 69.3 Å². The molecule has 6 heteroatoms. The predicted molar refractivity (Wildman–Crippen MR) is 118 cm³/mol. The smallest absolute Gasteiger partial charge is 0.161 e. The number of hydrogen-bond acceptors (Lipinski definition) is 5. The zero-order valence-corrected chi connectivity index (χ0v) is 18.0. The van der Waals surface area contributed by atoms with Gasteiger partial charge in [0.2, 0.25) is 0 Å². The molecule has 4 rings (SSSR count). The molecule has 0 bridgehead atoms. The lowest BCUT2D eigenvalue weighted by molar-refractivity contribution is 0.0886. The molecule has 0 aliphatic carbocycles. The van der Waals surface area contributed by atoms with E-state index in [2.05, 4.69) is 26.8 Å². The van der Waals surface area contributed by atoms with Crippen molar-refractivity contribution in [1.82, 2.24) is 9.80 Å². The van der Waals surface area contributed by atoms with Gasteiger partial charge in [-0.1, -0.05) is 18.2 Å². The molecular weight excluding hydrogens is 381 g/mol. The van der Waals surface area contributed by atoms with Crippen molar-refractivity contribution in [3.63, 3.8) is 0 Å². The van der Waals surface area contributed by atoms with Crippen molar-refractivity contribution in [2.45, 2.75) is 25.4 Å². The van der Waals surface area contributed by atoms with E-state index < -0.39 is 0 Å². The second-order valence-electron chi connectivity index (χ2n) is 8.19. The Bertz CT molecular complexity index is 839. The topological polar surface area (TPSA) is 28.2 Å². The number of para-hydroxylation sites is 1. The molecule has 0 radical (unpaired) electrons. The van der Waals surface area contributed by atoms with E-state index in [0.29, 0.717) is 6.04 Å². The van der Waals surface area contributed by atoms with E-state index >= 15 is 0 Å². The molecule has 0 spiro atoms. The standard InChI is InChI=1S/C24H32FN3O2/c1-29-23-10-9-19(16-24(23)30-2)17-26-11-5-6-20(18-26)27-12-14-28(15-13-27)22-8-4-3-7-21(22)25/h3-4,7-10,16,20H,5-6,11-15,17-18H2,1-2H3/t20-/m0/s1. The first kappa shape index (κ1) is 20.9. The first-order valence-corrected chi connectivity index (χ1v) is 10.8. The predicted octanol–water partition coefficient (Wildman–Crippen LogP) is 3.63. The van der Waals surface area contributed by atoms with Gasteiger partial charge in [0.05, 0.1) is 19.9 Å². The van der Waals surface area contributed by atoms with Crippen LogP contribution in [0.5, 0.6) is 11.5 Å². The molecule has 2 fully saturated rings. The normalized spacial score (nSPS) is 20.9. The Morgan fingerprint density at radius 3 is 2.43 bits per heavy atom.